The Kier molecular flexibility index (Phi) is 2.60. The molecule has 96 valence electrons. The first-order chi connectivity index (χ1) is 8.70. The van der Waals surface area contributed by atoms with Crippen molar-refractivity contribution in [3.8, 4) is 0 Å². The van der Waals surface area contributed by atoms with Gasteiger partial charge in [0.1, 0.15) is 18.0 Å². The molecule has 0 aliphatic carbocycles. The Morgan fingerprint density at radius 3 is 3.06 bits per heavy atom. The van der Waals surface area contributed by atoms with Gasteiger partial charge in [0.2, 0.25) is 0 Å². The third-order valence-electron chi connectivity index (χ3n) is 2.99. The highest BCUT2D eigenvalue weighted by molar-refractivity contribution is 5.81. The number of aliphatic hydroxyl groups is 1. The van der Waals surface area contributed by atoms with Crippen LogP contribution in [0, 0.1) is 0 Å². The Labute approximate surface area is 101 Å². The number of rotatable bonds is 2. The van der Waals surface area contributed by atoms with Gasteiger partial charge in [-0.15, -0.1) is 0 Å². The molecule has 0 bridgehead atoms. The molecule has 0 saturated carbocycles. The van der Waals surface area contributed by atoms with Crippen LogP contribution in [-0.4, -0.2) is 43.5 Å². The van der Waals surface area contributed by atoms with E-state index in [0.717, 1.165) is 0 Å². The number of ether oxygens (including phenoxy) is 1. The maximum Gasteiger partial charge on any atom is 0.168 e. The van der Waals surface area contributed by atoms with Crippen molar-refractivity contribution in [1.29, 1.82) is 0 Å². The minimum absolute atomic E-state index is 0.154. The van der Waals surface area contributed by atoms with E-state index in [4.69, 9.17) is 15.6 Å². The monoisotopic (exact) mass is 253 g/mol. The number of hydrogen-bond acceptors (Lipinski definition) is 6. The maximum atomic E-state index is 13.9. The van der Waals surface area contributed by atoms with E-state index in [1.54, 1.807) is 0 Å². The highest BCUT2D eigenvalue weighted by atomic mass is 19.1. The van der Waals surface area contributed by atoms with Gasteiger partial charge in [0.05, 0.1) is 19.0 Å². The second-order valence-electron chi connectivity index (χ2n) is 4.17. The van der Waals surface area contributed by atoms with E-state index in [2.05, 4.69) is 15.0 Å². The zero-order valence-corrected chi connectivity index (χ0v) is 9.40. The van der Waals surface area contributed by atoms with Crippen LogP contribution in [0.25, 0.3) is 11.2 Å². The summed E-state index contributed by atoms with van der Waals surface area (Å²) in [4.78, 5) is 11.9. The Hall–Kier alpha value is -1.80. The second kappa shape index (κ2) is 4.14. The summed E-state index contributed by atoms with van der Waals surface area (Å²) in [6.07, 6.45) is 0.328. The van der Waals surface area contributed by atoms with Crippen molar-refractivity contribution in [2.45, 2.75) is 24.9 Å². The van der Waals surface area contributed by atoms with Crippen molar-refractivity contribution in [1.82, 2.24) is 19.5 Å². The van der Waals surface area contributed by atoms with Gasteiger partial charge in [-0.3, -0.25) is 4.57 Å². The first kappa shape index (κ1) is 11.3. The van der Waals surface area contributed by atoms with Gasteiger partial charge >= 0.3 is 0 Å². The van der Waals surface area contributed by atoms with Crippen molar-refractivity contribution in [2.75, 3.05) is 12.3 Å². The van der Waals surface area contributed by atoms with Crippen molar-refractivity contribution in [3.63, 3.8) is 0 Å². The zero-order chi connectivity index (χ0) is 12.7. The summed E-state index contributed by atoms with van der Waals surface area (Å²) < 4.78 is 20.7. The highest BCUT2D eigenvalue weighted by Crippen LogP contribution is 2.33. The Morgan fingerprint density at radius 1 is 1.50 bits per heavy atom. The summed E-state index contributed by atoms with van der Waals surface area (Å²) in [6.45, 7) is -0.208. The molecule has 2 aromatic rings. The quantitative estimate of drug-likeness (QED) is 0.783. The maximum absolute atomic E-state index is 13.9. The molecule has 2 aromatic heterocycles. The molecule has 1 fully saturated rings. The van der Waals surface area contributed by atoms with Gasteiger partial charge in [0, 0.05) is 6.42 Å². The number of imidazole rings is 1. The van der Waals surface area contributed by atoms with E-state index in [1.165, 1.54) is 17.2 Å². The summed E-state index contributed by atoms with van der Waals surface area (Å²) >= 11 is 0. The lowest BCUT2D eigenvalue weighted by Crippen LogP contribution is -2.16. The van der Waals surface area contributed by atoms with E-state index >= 15 is 0 Å². The van der Waals surface area contributed by atoms with Crippen molar-refractivity contribution in [3.05, 3.63) is 12.7 Å². The summed E-state index contributed by atoms with van der Waals surface area (Å²) in [7, 11) is 0. The van der Waals surface area contributed by atoms with E-state index in [1.807, 2.05) is 0 Å². The Balaban J connectivity index is 2.02. The molecule has 7 nitrogen and oxygen atoms in total. The van der Waals surface area contributed by atoms with Gasteiger partial charge in [-0.2, -0.15) is 0 Å². The average Bonchev–Trinajstić information content (AvgIpc) is 2.93. The van der Waals surface area contributed by atoms with Crippen LogP contribution in [0.3, 0.4) is 0 Å². The lowest BCUT2D eigenvalue weighted by atomic mass is 10.2. The Bertz CT molecular complexity index is 574. The zero-order valence-electron chi connectivity index (χ0n) is 9.40. The predicted octanol–water partition coefficient (Wildman–Crippen LogP) is 0.0264. The van der Waals surface area contributed by atoms with Crippen LogP contribution in [0.2, 0.25) is 0 Å². The third kappa shape index (κ3) is 1.61. The number of nitrogen functional groups attached to an aromatic ring is 1. The lowest BCUT2D eigenvalue weighted by molar-refractivity contribution is -0.0351. The summed E-state index contributed by atoms with van der Waals surface area (Å²) in [6, 6.07) is 0. The van der Waals surface area contributed by atoms with Crippen molar-refractivity contribution in [2.24, 2.45) is 0 Å². The van der Waals surface area contributed by atoms with Gasteiger partial charge in [0.15, 0.2) is 17.7 Å². The highest BCUT2D eigenvalue weighted by Gasteiger charge is 2.37. The van der Waals surface area contributed by atoms with E-state index in [-0.39, 0.29) is 18.8 Å². The molecule has 18 heavy (non-hydrogen) atoms. The van der Waals surface area contributed by atoms with Crippen LogP contribution in [0.4, 0.5) is 10.2 Å². The predicted molar refractivity (Wildman–Crippen MR) is 60.2 cm³/mol. The topological polar surface area (TPSA) is 99.1 Å². The molecule has 0 radical (unpaired) electrons. The summed E-state index contributed by atoms with van der Waals surface area (Å²) in [5.41, 5.74) is 6.50. The van der Waals surface area contributed by atoms with Crippen LogP contribution in [0.15, 0.2) is 12.7 Å². The second-order valence-corrected chi connectivity index (χ2v) is 4.17. The number of aromatic nitrogens is 4. The van der Waals surface area contributed by atoms with E-state index in [0.29, 0.717) is 11.2 Å². The van der Waals surface area contributed by atoms with Gasteiger partial charge in [0.25, 0.3) is 0 Å². The fourth-order valence-corrected chi connectivity index (χ4v) is 2.12. The van der Waals surface area contributed by atoms with Crippen LogP contribution >= 0.6 is 0 Å². The normalized spacial score (nSPS) is 28.0. The standard InChI is InChI=1S/C10H12FN5O2/c11-6-1-5(2-17)18-10(6)16-4-15-7-8(12)13-3-14-9(7)16/h3-6,10,17H,1-2H2,(H2,12,13,14)/t5-,6+,10+/m0/s1. The van der Waals surface area contributed by atoms with Crippen molar-refractivity contribution >= 4 is 17.0 Å². The molecule has 1 aliphatic heterocycles. The number of aliphatic hydroxyl groups excluding tert-OH is 1. The number of alkyl halides is 1. The minimum atomic E-state index is -1.21. The molecule has 1 aliphatic rings. The average molecular weight is 253 g/mol. The first-order valence-electron chi connectivity index (χ1n) is 5.54. The summed E-state index contributed by atoms with van der Waals surface area (Å²) in [5, 5.41) is 8.99. The summed E-state index contributed by atoms with van der Waals surface area (Å²) in [5.74, 6) is 0.242. The van der Waals surface area contributed by atoms with Crippen LogP contribution in [-0.2, 0) is 4.74 Å². The molecule has 0 unspecified atom stereocenters. The number of nitrogens with two attached hydrogens (primary N) is 1. The number of hydrogen-bond donors (Lipinski definition) is 2. The molecule has 1 saturated heterocycles. The number of fused-ring (bicyclic) bond motifs is 1. The largest absolute Gasteiger partial charge is 0.394 e. The van der Waals surface area contributed by atoms with E-state index in [9.17, 15) is 4.39 Å². The SMILES string of the molecule is Nc1ncnc2c1ncn2[C@@H]1O[C@H](CO)C[C@H]1F. The molecular weight excluding hydrogens is 241 g/mol. The number of anilines is 1. The molecule has 3 rings (SSSR count). The van der Waals surface area contributed by atoms with Crippen LogP contribution in [0.1, 0.15) is 12.6 Å². The van der Waals surface area contributed by atoms with Crippen LogP contribution < -0.4 is 5.73 Å². The smallest absolute Gasteiger partial charge is 0.168 e. The van der Waals surface area contributed by atoms with Crippen molar-refractivity contribution < 1.29 is 14.2 Å². The molecule has 3 heterocycles. The molecule has 3 atom stereocenters. The van der Waals surface area contributed by atoms with Gasteiger partial charge in [-0.25, -0.2) is 19.3 Å². The molecule has 0 spiro atoms. The molecule has 0 aromatic carbocycles. The Morgan fingerprint density at radius 2 is 2.33 bits per heavy atom. The minimum Gasteiger partial charge on any atom is -0.394 e. The van der Waals surface area contributed by atoms with Gasteiger partial charge < -0.3 is 15.6 Å². The molecule has 3 N–H and O–H groups in total. The number of nitrogens with zero attached hydrogens (tertiary/aromatic N) is 4. The van der Waals surface area contributed by atoms with Crippen LogP contribution in [0.5, 0.6) is 0 Å². The first-order valence-corrected chi connectivity index (χ1v) is 5.54. The van der Waals surface area contributed by atoms with Gasteiger partial charge in [-0.05, 0) is 0 Å². The molecular formula is C10H12FN5O2. The third-order valence-corrected chi connectivity index (χ3v) is 2.99. The fraction of sp³-hybridized carbons (Fsp3) is 0.500. The van der Waals surface area contributed by atoms with E-state index < -0.39 is 18.5 Å². The number of halogens is 1. The lowest BCUT2D eigenvalue weighted by Gasteiger charge is -2.15. The molecule has 8 heteroatoms. The van der Waals surface area contributed by atoms with Gasteiger partial charge in [-0.1, -0.05) is 0 Å². The fourth-order valence-electron chi connectivity index (χ4n) is 2.12. The molecule has 0 amide bonds.